The van der Waals surface area contributed by atoms with Gasteiger partial charge in [-0.15, -0.1) is 11.3 Å². The summed E-state index contributed by atoms with van der Waals surface area (Å²) in [6.45, 7) is 2.00. The molecule has 0 saturated heterocycles. The molecule has 4 nitrogen and oxygen atoms in total. The number of thiophene rings is 1. The Bertz CT molecular complexity index is 534. The fourth-order valence-electron chi connectivity index (χ4n) is 1.23. The molecule has 0 atom stereocenters. The van der Waals surface area contributed by atoms with Gasteiger partial charge in [-0.2, -0.15) is 5.10 Å². The van der Waals surface area contributed by atoms with E-state index >= 15 is 0 Å². The Labute approximate surface area is 103 Å². The molecule has 0 radical (unpaired) electrons. The first-order valence-electron chi connectivity index (χ1n) is 5.05. The second-order valence-electron chi connectivity index (χ2n) is 3.41. The first-order valence-corrected chi connectivity index (χ1v) is 5.93. The zero-order valence-corrected chi connectivity index (χ0v) is 10.1. The SMILES string of the molecule is Cc1ccsc1/C=N/NC(=O)c1cccnc1. The summed E-state index contributed by atoms with van der Waals surface area (Å²) in [6.07, 6.45) is 4.77. The highest BCUT2D eigenvalue weighted by Crippen LogP contribution is 2.12. The average Bonchev–Trinajstić information content (AvgIpc) is 2.76. The molecule has 2 rings (SSSR count). The summed E-state index contributed by atoms with van der Waals surface area (Å²) in [7, 11) is 0. The van der Waals surface area contributed by atoms with Crippen LogP contribution in [0.5, 0.6) is 0 Å². The lowest BCUT2D eigenvalue weighted by Gasteiger charge is -1.97. The summed E-state index contributed by atoms with van der Waals surface area (Å²) in [5, 5.41) is 5.89. The Morgan fingerprint density at radius 2 is 2.41 bits per heavy atom. The van der Waals surface area contributed by atoms with E-state index in [1.54, 1.807) is 35.9 Å². The number of rotatable bonds is 3. The normalized spacial score (nSPS) is 10.6. The minimum Gasteiger partial charge on any atom is -0.267 e. The van der Waals surface area contributed by atoms with Gasteiger partial charge in [0.25, 0.3) is 5.91 Å². The molecular weight excluding hydrogens is 234 g/mol. The molecule has 0 aliphatic rings. The van der Waals surface area contributed by atoms with E-state index in [9.17, 15) is 4.79 Å². The molecule has 2 aromatic rings. The van der Waals surface area contributed by atoms with Crippen LogP contribution in [0.15, 0.2) is 41.1 Å². The number of carbonyl (C=O) groups excluding carboxylic acids is 1. The van der Waals surface area contributed by atoms with Crippen LogP contribution in [0.2, 0.25) is 0 Å². The number of nitrogens with zero attached hydrogens (tertiary/aromatic N) is 2. The van der Waals surface area contributed by atoms with Crippen LogP contribution in [-0.2, 0) is 0 Å². The van der Waals surface area contributed by atoms with Gasteiger partial charge in [0.05, 0.1) is 11.8 Å². The molecule has 0 bridgehead atoms. The Morgan fingerprint density at radius 1 is 1.53 bits per heavy atom. The summed E-state index contributed by atoms with van der Waals surface area (Å²) >= 11 is 1.58. The van der Waals surface area contributed by atoms with Gasteiger partial charge in [0.1, 0.15) is 0 Å². The lowest BCUT2D eigenvalue weighted by Crippen LogP contribution is -2.17. The third kappa shape index (κ3) is 2.98. The molecular formula is C12H11N3OS. The zero-order valence-electron chi connectivity index (χ0n) is 9.25. The van der Waals surface area contributed by atoms with Crippen molar-refractivity contribution in [1.29, 1.82) is 0 Å². The van der Waals surface area contributed by atoms with Crippen LogP contribution in [-0.4, -0.2) is 17.1 Å². The number of carbonyl (C=O) groups is 1. The van der Waals surface area contributed by atoms with Crippen molar-refractivity contribution in [3.05, 3.63) is 52.0 Å². The molecule has 1 amide bonds. The van der Waals surface area contributed by atoms with E-state index in [-0.39, 0.29) is 5.91 Å². The van der Waals surface area contributed by atoms with E-state index < -0.39 is 0 Å². The summed E-state index contributed by atoms with van der Waals surface area (Å²) in [6, 6.07) is 5.41. The quantitative estimate of drug-likeness (QED) is 0.666. The van der Waals surface area contributed by atoms with Crippen molar-refractivity contribution in [2.24, 2.45) is 5.10 Å². The average molecular weight is 245 g/mol. The van der Waals surface area contributed by atoms with Crippen LogP contribution >= 0.6 is 11.3 Å². The van der Waals surface area contributed by atoms with E-state index in [1.807, 2.05) is 18.4 Å². The van der Waals surface area contributed by atoms with Crippen molar-refractivity contribution < 1.29 is 4.79 Å². The first-order chi connectivity index (χ1) is 8.27. The van der Waals surface area contributed by atoms with Crippen LogP contribution in [0.3, 0.4) is 0 Å². The lowest BCUT2D eigenvalue weighted by molar-refractivity contribution is 0.0955. The van der Waals surface area contributed by atoms with E-state index in [0.29, 0.717) is 5.56 Å². The van der Waals surface area contributed by atoms with Gasteiger partial charge in [0.15, 0.2) is 0 Å². The molecule has 0 aliphatic carbocycles. The van der Waals surface area contributed by atoms with E-state index in [2.05, 4.69) is 15.5 Å². The van der Waals surface area contributed by atoms with E-state index in [1.165, 1.54) is 6.20 Å². The maximum absolute atomic E-state index is 11.6. The van der Waals surface area contributed by atoms with Crippen LogP contribution < -0.4 is 5.43 Å². The van der Waals surface area contributed by atoms with Gasteiger partial charge in [-0.25, -0.2) is 5.43 Å². The predicted octanol–water partition coefficient (Wildman–Crippen LogP) is 2.22. The topological polar surface area (TPSA) is 54.4 Å². The van der Waals surface area contributed by atoms with Crippen LogP contribution in [0.4, 0.5) is 0 Å². The highest BCUT2D eigenvalue weighted by atomic mass is 32.1. The van der Waals surface area contributed by atoms with Crippen molar-refractivity contribution in [3.8, 4) is 0 Å². The van der Waals surface area contributed by atoms with Crippen LogP contribution in [0, 0.1) is 6.92 Å². The number of pyridine rings is 1. The smallest absolute Gasteiger partial charge is 0.267 e. The van der Waals surface area contributed by atoms with Gasteiger partial charge in [0, 0.05) is 17.3 Å². The van der Waals surface area contributed by atoms with E-state index in [0.717, 1.165) is 10.4 Å². The van der Waals surface area contributed by atoms with Crippen molar-refractivity contribution >= 4 is 23.5 Å². The molecule has 0 fully saturated rings. The first kappa shape index (κ1) is 11.5. The zero-order chi connectivity index (χ0) is 12.1. The number of aryl methyl sites for hydroxylation is 1. The molecule has 2 aromatic heterocycles. The molecule has 2 heterocycles. The van der Waals surface area contributed by atoms with Crippen LogP contribution in [0.1, 0.15) is 20.8 Å². The minimum atomic E-state index is -0.261. The number of hydrogen-bond acceptors (Lipinski definition) is 4. The van der Waals surface area contributed by atoms with Gasteiger partial charge in [-0.1, -0.05) is 0 Å². The van der Waals surface area contributed by atoms with Crippen molar-refractivity contribution in [2.45, 2.75) is 6.92 Å². The highest BCUT2D eigenvalue weighted by molar-refractivity contribution is 7.11. The van der Waals surface area contributed by atoms with Gasteiger partial charge in [-0.3, -0.25) is 9.78 Å². The molecule has 0 unspecified atom stereocenters. The molecule has 17 heavy (non-hydrogen) atoms. The fraction of sp³-hybridized carbons (Fsp3) is 0.0833. The fourth-order valence-corrected chi connectivity index (χ4v) is 2.01. The highest BCUT2D eigenvalue weighted by Gasteiger charge is 2.02. The lowest BCUT2D eigenvalue weighted by atomic mass is 10.3. The Kier molecular flexibility index (Phi) is 3.62. The molecule has 0 aromatic carbocycles. The number of hydrazone groups is 1. The third-order valence-corrected chi connectivity index (χ3v) is 3.13. The maximum Gasteiger partial charge on any atom is 0.272 e. The Morgan fingerprint density at radius 3 is 3.06 bits per heavy atom. The second-order valence-corrected chi connectivity index (χ2v) is 4.36. The van der Waals surface area contributed by atoms with Crippen molar-refractivity contribution in [1.82, 2.24) is 10.4 Å². The third-order valence-electron chi connectivity index (χ3n) is 2.17. The summed E-state index contributed by atoms with van der Waals surface area (Å²) in [5.74, 6) is -0.261. The standard InChI is InChI=1S/C12H11N3OS/c1-9-4-6-17-11(9)8-14-15-12(16)10-3-2-5-13-7-10/h2-8H,1H3,(H,15,16)/b14-8+. The second kappa shape index (κ2) is 5.36. The molecule has 0 aliphatic heterocycles. The molecule has 0 spiro atoms. The number of amides is 1. The van der Waals surface area contributed by atoms with Crippen LogP contribution in [0.25, 0.3) is 0 Å². The predicted molar refractivity (Wildman–Crippen MR) is 68.4 cm³/mol. The Balaban J connectivity index is 1.97. The van der Waals surface area contributed by atoms with Crippen molar-refractivity contribution in [3.63, 3.8) is 0 Å². The minimum absolute atomic E-state index is 0.261. The Hall–Kier alpha value is -2.01. The van der Waals surface area contributed by atoms with Gasteiger partial charge >= 0.3 is 0 Å². The number of aromatic nitrogens is 1. The monoisotopic (exact) mass is 245 g/mol. The molecule has 0 saturated carbocycles. The molecule has 86 valence electrons. The largest absolute Gasteiger partial charge is 0.272 e. The number of nitrogens with one attached hydrogen (secondary N) is 1. The van der Waals surface area contributed by atoms with Gasteiger partial charge < -0.3 is 0 Å². The van der Waals surface area contributed by atoms with Gasteiger partial charge in [0.2, 0.25) is 0 Å². The van der Waals surface area contributed by atoms with E-state index in [4.69, 9.17) is 0 Å². The van der Waals surface area contributed by atoms with Gasteiger partial charge in [-0.05, 0) is 36.1 Å². The molecule has 1 N–H and O–H groups in total. The van der Waals surface area contributed by atoms with Crippen molar-refractivity contribution in [2.75, 3.05) is 0 Å². The maximum atomic E-state index is 11.6. The molecule has 5 heteroatoms. The number of hydrogen-bond donors (Lipinski definition) is 1. The summed E-state index contributed by atoms with van der Waals surface area (Å²) < 4.78 is 0. The summed E-state index contributed by atoms with van der Waals surface area (Å²) in [5.41, 5.74) is 4.10. The summed E-state index contributed by atoms with van der Waals surface area (Å²) in [4.78, 5) is 16.5.